The van der Waals surface area contributed by atoms with Crippen LogP contribution in [0.4, 0.5) is 34.9 Å². The summed E-state index contributed by atoms with van der Waals surface area (Å²) < 4.78 is 53.1. The first kappa shape index (κ1) is 13.1. The number of aromatic nitrogens is 1. The second-order valence-corrected chi connectivity index (χ2v) is 3.89. The molecule has 0 fully saturated rings. The average molecular weight is 271 g/mol. The molecule has 0 atom stereocenters. The molecule has 0 radical (unpaired) electrons. The van der Waals surface area contributed by atoms with Crippen LogP contribution < -0.4 is 11.1 Å². The summed E-state index contributed by atoms with van der Waals surface area (Å²) in [6.45, 7) is 1.39. The number of hydrogen-bond donors (Lipinski definition) is 2. The quantitative estimate of drug-likeness (QED) is 0.824. The van der Waals surface area contributed by atoms with E-state index in [0.717, 1.165) is 12.1 Å². The molecule has 1 heterocycles. The van der Waals surface area contributed by atoms with E-state index < -0.39 is 34.9 Å². The van der Waals surface area contributed by atoms with Crippen molar-refractivity contribution in [3.8, 4) is 0 Å². The minimum Gasteiger partial charge on any atom is -0.381 e. The van der Waals surface area contributed by atoms with E-state index in [1.807, 2.05) is 0 Å². The number of nitrogens with two attached hydrogens (primary N) is 1. The van der Waals surface area contributed by atoms with Gasteiger partial charge in [-0.25, -0.2) is 22.5 Å². The molecule has 1 aromatic carbocycles. The molecule has 7 heteroatoms. The number of pyridine rings is 1. The highest BCUT2D eigenvalue weighted by molar-refractivity contribution is 5.59. The highest BCUT2D eigenvalue weighted by atomic mass is 19.1. The van der Waals surface area contributed by atoms with Crippen LogP contribution in [0.15, 0.2) is 18.2 Å². The van der Waals surface area contributed by atoms with E-state index >= 15 is 0 Å². The van der Waals surface area contributed by atoms with Gasteiger partial charge in [0, 0.05) is 12.1 Å². The van der Waals surface area contributed by atoms with Crippen molar-refractivity contribution in [2.75, 3.05) is 11.1 Å². The molecule has 2 rings (SSSR count). The van der Waals surface area contributed by atoms with Crippen LogP contribution in [0.25, 0.3) is 0 Å². The van der Waals surface area contributed by atoms with Crippen molar-refractivity contribution < 1.29 is 17.6 Å². The van der Waals surface area contributed by atoms with Gasteiger partial charge >= 0.3 is 0 Å². The molecule has 0 saturated carbocycles. The largest absolute Gasteiger partial charge is 0.381 e. The topological polar surface area (TPSA) is 50.9 Å². The number of aryl methyl sites for hydroxylation is 1. The summed E-state index contributed by atoms with van der Waals surface area (Å²) in [7, 11) is 0. The Morgan fingerprint density at radius 1 is 0.947 bits per heavy atom. The fourth-order valence-corrected chi connectivity index (χ4v) is 1.44. The summed E-state index contributed by atoms with van der Waals surface area (Å²) in [4.78, 5) is 3.39. The second-order valence-electron chi connectivity index (χ2n) is 3.89. The molecule has 0 bridgehead atoms. The lowest BCUT2D eigenvalue weighted by Gasteiger charge is -2.10. The van der Waals surface area contributed by atoms with Crippen molar-refractivity contribution in [3.63, 3.8) is 0 Å². The van der Waals surface area contributed by atoms with Crippen LogP contribution in [0.1, 0.15) is 5.56 Å². The summed E-state index contributed by atoms with van der Waals surface area (Å²) in [6, 6.07) is 2.31. The van der Waals surface area contributed by atoms with E-state index in [1.165, 1.54) is 6.92 Å². The van der Waals surface area contributed by atoms with Gasteiger partial charge in [-0.05, 0) is 18.6 Å². The highest BCUT2D eigenvalue weighted by Crippen LogP contribution is 2.25. The molecule has 1 aromatic heterocycles. The normalized spacial score (nSPS) is 10.6. The number of halogens is 4. The molecule has 2 aromatic rings. The van der Waals surface area contributed by atoms with Crippen molar-refractivity contribution in [1.82, 2.24) is 4.98 Å². The molecule has 3 nitrogen and oxygen atoms in total. The summed E-state index contributed by atoms with van der Waals surface area (Å²) in [5.41, 5.74) is 4.96. The number of nitrogens with one attached hydrogen (secondary N) is 1. The van der Waals surface area contributed by atoms with E-state index in [4.69, 9.17) is 5.73 Å². The first-order valence-corrected chi connectivity index (χ1v) is 5.22. The zero-order valence-electron chi connectivity index (χ0n) is 9.77. The van der Waals surface area contributed by atoms with E-state index in [0.29, 0.717) is 6.07 Å². The van der Waals surface area contributed by atoms with E-state index in [2.05, 4.69) is 10.3 Å². The molecule has 0 spiro atoms. The zero-order valence-corrected chi connectivity index (χ0v) is 9.77. The molecular weight excluding hydrogens is 262 g/mol. The van der Waals surface area contributed by atoms with Gasteiger partial charge < -0.3 is 11.1 Å². The predicted octanol–water partition coefficient (Wildman–Crippen LogP) is 3.27. The van der Waals surface area contributed by atoms with Gasteiger partial charge in [-0.1, -0.05) is 0 Å². The minimum absolute atomic E-state index is 0.107. The van der Waals surface area contributed by atoms with E-state index in [-0.39, 0.29) is 11.3 Å². The first-order valence-electron chi connectivity index (χ1n) is 5.22. The maximum atomic E-state index is 13.5. The van der Waals surface area contributed by atoms with E-state index in [1.54, 1.807) is 0 Å². The molecule has 3 N–H and O–H groups in total. The number of rotatable bonds is 2. The van der Waals surface area contributed by atoms with E-state index in [9.17, 15) is 17.6 Å². The molecule has 0 aliphatic rings. The van der Waals surface area contributed by atoms with Crippen LogP contribution >= 0.6 is 0 Å². The highest BCUT2D eigenvalue weighted by Gasteiger charge is 2.13. The van der Waals surface area contributed by atoms with Gasteiger partial charge in [0.25, 0.3) is 0 Å². The molecule has 100 valence electrons. The average Bonchev–Trinajstić information content (AvgIpc) is 2.32. The Balaban J connectivity index is 2.42. The van der Waals surface area contributed by atoms with Crippen molar-refractivity contribution in [1.29, 1.82) is 0 Å². The molecule has 0 unspecified atom stereocenters. The first-order chi connectivity index (χ1) is 8.88. The SMILES string of the molecule is Cc1cc(F)c(Nc2nc(N)c(F)cc2F)cc1F. The molecular formula is C12H9F4N3. The standard InChI is InChI=1S/C12H9F4N3/c1-5-2-7(14)10(4-6(5)13)18-12-9(16)3-8(15)11(17)19-12/h2-4H,1H3,(H3,17,18,19). The lowest BCUT2D eigenvalue weighted by molar-refractivity contribution is 0.579. The molecule has 0 aliphatic heterocycles. The molecule has 0 saturated heterocycles. The maximum Gasteiger partial charge on any atom is 0.169 e. The molecule has 0 amide bonds. The Bertz CT molecular complexity index is 588. The maximum absolute atomic E-state index is 13.5. The van der Waals surface area contributed by atoms with Crippen LogP contribution in [0.2, 0.25) is 0 Å². The third kappa shape index (κ3) is 2.59. The number of nitrogen functional groups attached to an aromatic ring is 1. The number of nitrogens with zero attached hydrogens (tertiary/aromatic N) is 1. The fraction of sp³-hybridized carbons (Fsp3) is 0.0833. The van der Waals surface area contributed by atoms with Gasteiger partial charge in [-0.2, -0.15) is 0 Å². The molecule has 19 heavy (non-hydrogen) atoms. The number of hydrogen-bond acceptors (Lipinski definition) is 3. The predicted molar refractivity (Wildman–Crippen MR) is 62.9 cm³/mol. The number of benzene rings is 1. The van der Waals surface area contributed by atoms with Gasteiger partial charge in [0.05, 0.1) is 5.69 Å². The summed E-state index contributed by atoms with van der Waals surface area (Å²) in [5.74, 6) is -4.58. The third-order valence-electron chi connectivity index (χ3n) is 2.46. The van der Waals surface area contributed by atoms with Crippen molar-refractivity contribution in [3.05, 3.63) is 47.0 Å². The minimum atomic E-state index is -1.06. The monoisotopic (exact) mass is 271 g/mol. The van der Waals surface area contributed by atoms with Gasteiger partial charge in [0.2, 0.25) is 0 Å². The van der Waals surface area contributed by atoms with Crippen LogP contribution in [-0.2, 0) is 0 Å². The van der Waals surface area contributed by atoms with Gasteiger partial charge in [0.15, 0.2) is 23.3 Å². The second kappa shape index (κ2) is 4.75. The Hall–Kier alpha value is -2.31. The van der Waals surface area contributed by atoms with Crippen molar-refractivity contribution in [2.45, 2.75) is 6.92 Å². The van der Waals surface area contributed by atoms with Crippen LogP contribution in [0.3, 0.4) is 0 Å². The Morgan fingerprint density at radius 2 is 1.63 bits per heavy atom. The van der Waals surface area contributed by atoms with Crippen molar-refractivity contribution >= 4 is 17.3 Å². The van der Waals surface area contributed by atoms with Crippen LogP contribution in [0, 0.1) is 30.2 Å². The van der Waals surface area contributed by atoms with Crippen LogP contribution in [0.5, 0.6) is 0 Å². The van der Waals surface area contributed by atoms with Gasteiger partial charge in [-0.15, -0.1) is 0 Å². The smallest absolute Gasteiger partial charge is 0.169 e. The summed E-state index contributed by atoms with van der Waals surface area (Å²) in [6.07, 6.45) is 0. The summed E-state index contributed by atoms with van der Waals surface area (Å²) in [5, 5.41) is 2.23. The number of anilines is 3. The fourth-order valence-electron chi connectivity index (χ4n) is 1.44. The zero-order chi connectivity index (χ0) is 14.2. The van der Waals surface area contributed by atoms with Gasteiger partial charge in [0.1, 0.15) is 11.6 Å². The van der Waals surface area contributed by atoms with Crippen LogP contribution in [-0.4, -0.2) is 4.98 Å². The Kier molecular flexibility index (Phi) is 3.28. The Morgan fingerprint density at radius 3 is 2.32 bits per heavy atom. The third-order valence-corrected chi connectivity index (χ3v) is 2.46. The lowest BCUT2D eigenvalue weighted by atomic mass is 10.2. The molecule has 0 aliphatic carbocycles. The lowest BCUT2D eigenvalue weighted by Crippen LogP contribution is -2.04. The Labute approximate surface area is 106 Å². The summed E-state index contributed by atoms with van der Waals surface area (Å²) >= 11 is 0. The van der Waals surface area contributed by atoms with Gasteiger partial charge in [-0.3, -0.25) is 0 Å². The van der Waals surface area contributed by atoms with Crippen molar-refractivity contribution in [2.24, 2.45) is 0 Å².